The lowest BCUT2D eigenvalue weighted by Gasteiger charge is -2.12. The summed E-state index contributed by atoms with van der Waals surface area (Å²) in [6.07, 6.45) is 0. The van der Waals surface area contributed by atoms with Gasteiger partial charge in [0.05, 0.1) is 12.2 Å². The summed E-state index contributed by atoms with van der Waals surface area (Å²) in [5.41, 5.74) is 8.63. The number of carbonyl (C=O) groups is 1. The third-order valence-electron chi connectivity index (χ3n) is 3.73. The Hall–Kier alpha value is -3.37. The number of hydrazine groups is 1. The Bertz CT molecular complexity index is 1060. The summed E-state index contributed by atoms with van der Waals surface area (Å²) in [4.78, 5) is 30.9. The standard InChI is InChI=1S/C17H17N5O4S/c1-2-26-10-7-8(11-5-6-12(27-11)17(24)25)3-4-9(10)14-20-15(22-19)13(18)16(23)21-14/h3-7H,2,18-19H2,1H3,(H,24,25)(H2,20,21,22,23). The topological polar surface area (TPSA) is 156 Å². The molecule has 9 nitrogen and oxygen atoms in total. The van der Waals surface area contributed by atoms with Gasteiger partial charge in [-0.2, -0.15) is 0 Å². The molecule has 0 aliphatic heterocycles. The maximum atomic E-state index is 12.0. The van der Waals surface area contributed by atoms with E-state index in [9.17, 15) is 9.59 Å². The van der Waals surface area contributed by atoms with E-state index in [1.165, 1.54) is 0 Å². The van der Waals surface area contributed by atoms with Crippen LogP contribution >= 0.6 is 11.3 Å². The fraction of sp³-hybridized carbons (Fsp3) is 0.118. The molecule has 1 aromatic carbocycles. The van der Waals surface area contributed by atoms with Crippen LogP contribution in [-0.2, 0) is 0 Å². The molecular formula is C17H17N5O4S. The average molecular weight is 387 g/mol. The van der Waals surface area contributed by atoms with E-state index in [1.807, 2.05) is 6.92 Å². The second-order valence-corrected chi connectivity index (χ2v) is 6.52. The molecule has 0 fully saturated rings. The number of benzene rings is 1. The molecule has 3 aromatic rings. The molecule has 0 saturated heterocycles. The molecule has 0 bridgehead atoms. The van der Waals surface area contributed by atoms with Gasteiger partial charge in [-0.1, -0.05) is 6.07 Å². The summed E-state index contributed by atoms with van der Waals surface area (Å²) in [7, 11) is 0. The number of rotatable bonds is 6. The van der Waals surface area contributed by atoms with Crippen LogP contribution in [0.2, 0.25) is 0 Å². The van der Waals surface area contributed by atoms with Gasteiger partial charge in [0, 0.05) is 4.88 Å². The van der Waals surface area contributed by atoms with Crippen LogP contribution in [0.4, 0.5) is 11.5 Å². The lowest BCUT2D eigenvalue weighted by molar-refractivity contribution is 0.0702. The minimum atomic E-state index is -0.974. The number of ether oxygens (including phenoxy) is 1. The molecule has 2 heterocycles. The first kappa shape index (κ1) is 18.4. The van der Waals surface area contributed by atoms with Crippen molar-refractivity contribution in [3.8, 4) is 27.6 Å². The number of nitrogen functional groups attached to an aromatic ring is 2. The van der Waals surface area contributed by atoms with Gasteiger partial charge in [0.1, 0.15) is 22.1 Å². The number of thiophene rings is 1. The number of nitrogens with two attached hydrogens (primary N) is 2. The lowest BCUT2D eigenvalue weighted by Crippen LogP contribution is -2.20. The minimum absolute atomic E-state index is 0.0598. The molecular weight excluding hydrogens is 370 g/mol. The first-order valence-electron chi connectivity index (χ1n) is 7.91. The third kappa shape index (κ3) is 3.61. The zero-order valence-corrected chi connectivity index (χ0v) is 15.1. The highest BCUT2D eigenvalue weighted by atomic mass is 32.1. The second-order valence-electron chi connectivity index (χ2n) is 5.43. The SMILES string of the molecule is CCOc1cc(-c2ccc(C(=O)O)s2)ccc1-c1nc(NN)c(N)c(=O)[nH]1. The molecule has 0 amide bonds. The van der Waals surface area contributed by atoms with Crippen molar-refractivity contribution in [3.05, 3.63) is 45.6 Å². The van der Waals surface area contributed by atoms with E-state index < -0.39 is 11.5 Å². The first-order chi connectivity index (χ1) is 12.9. The molecule has 0 unspecified atom stereocenters. The quantitative estimate of drug-likeness (QED) is 0.318. The number of carboxylic acids is 1. The summed E-state index contributed by atoms with van der Waals surface area (Å²) in [6.45, 7) is 2.22. The number of hydrogen-bond acceptors (Lipinski definition) is 8. The van der Waals surface area contributed by atoms with Gasteiger partial charge in [-0.25, -0.2) is 15.6 Å². The number of anilines is 2. The van der Waals surface area contributed by atoms with Crippen LogP contribution < -0.4 is 27.3 Å². The third-order valence-corrected chi connectivity index (χ3v) is 4.85. The number of carboxylic acid groups (broad SMARTS) is 1. The normalized spacial score (nSPS) is 10.6. The monoisotopic (exact) mass is 387 g/mol. The highest BCUT2D eigenvalue weighted by Crippen LogP contribution is 2.35. The molecule has 7 N–H and O–H groups in total. The van der Waals surface area contributed by atoms with Gasteiger partial charge in [0.25, 0.3) is 5.56 Å². The lowest BCUT2D eigenvalue weighted by atomic mass is 10.1. The van der Waals surface area contributed by atoms with Crippen molar-refractivity contribution in [2.75, 3.05) is 17.8 Å². The molecule has 3 rings (SSSR count). The van der Waals surface area contributed by atoms with E-state index in [1.54, 1.807) is 30.3 Å². The van der Waals surface area contributed by atoms with Gasteiger partial charge in [-0.05, 0) is 36.8 Å². The van der Waals surface area contributed by atoms with E-state index in [0.717, 1.165) is 21.8 Å². The number of aromatic amines is 1. The fourth-order valence-electron chi connectivity index (χ4n) is 2.47. The van der Waals surface area contributed by atoms with E-state index >= 15 is 0 Å². The van der Waals surface area contributed by atoms with E-state index in [2.05, 4.69) is 15.4 Å². The Balaban J connectivity index is 2.10. The largest absolute Gasteiger partial charge is 0.493 e. The van der Waals surface area contributed by atoms with E-state index in [-0.39, 0.29) is 22.2 Å². The molecule has 0 aliphatic rings. The van der Waals surface area contributed by atoms with Crippen molar-refractivity contribution in [2.45, 2.75) is 6.92 Å². The highest BCUT2D eigenvalue weighted by molar-refractivity contribution is 7.17. The summed E-state index contributed by atoms with van der Waals surface area (Å²) in [6, 6.07) is 8.58. The predicted octanol–water partition coefficient (Wildman–Crippen LogP) is 2.13. The molecule has 10 heteroatoms. The molecule has 2 aromatic heterocycles. The van der Waals surface area contributed by atoms with Crippen LogP contribution in [0, 0.1) is 0 Å². The van der Waals surface area contributed by atoms with Crippen LogP contribution in [-0.4, -0.2) is 27.7 Å². The zero-order chi connectivity index (χ0) is 19.6. The second kappa shape index (κ2) is 7.48. The number of aromatic nitrogens is 2. The first-order valence-corrected chi connectivity index (χ1v) is 8.73. The van der Waals surface area contributed by atoms with Crippen molar-refractivity contribution in [1.29, 1.82) is 0 Å². The van der Waals surface area contributed by atoms with Gasteiger partial charge in [0.15, 0.2) is 5.82 Å². The molecule has 140 valence electrons. The number of H-pyrrole nitrogens is 1. The summed E-state index contributed by atoms with van der Waals surface area (Å²) >= 11 is 1.16. The van der Waals surface area contributed by atoms with Gasteiger partial charge in [-0.15, -0.1) is 11.3 Å². The van der Waals surface area contributed by atoms with Gasteiger partial charge in [-0.3, -0.25) is 4.79 Å². The van der Waals surface area contributed by atoms with Crippen LogP contribution in [0.1, 0.15) is 16.6 Å². The summed E-state index contributed by atoms with van der Waals surface area (Å²) in [5.74, 6) is 5.18. The van der Waals surface area contributed by atoms with Crippen LogP contribution in [0.15, 0.2) is 35.1 Å². The Labute approximate surface area is 157 Å². The Kier molecular flexibility index (Phi) is 5.10. The smallest absolute Gasteiger partial charge is 0.345 e. The average Bonchev–Trinajstić information content (AvgIpc) is 3.15. The predicted molar refractivity (Wildman–Crippen MR) is 104 cm³/mol. The van der Waals surface area contributed by atoms with Crippen molar-refractivity contribution >= 4 is 28.8 Å². The van der Waals surface area contributed by atoms with Crippen LogP contribution in [0.25, 0.3) is 21.8 Å². The molecule has 0 spiro atoms. The molecule has 27 heavy (non-hydrogen) atoms. The summed E-state index contributed by atoms with van der Waals surface area (Å²) in [5, 5.41) is 9.09. The fourth-order valence-corrected chi connectivity index (χ4v) is 3.32. The summed E-state index contributed by atoms with van der Waals surface area (Å²) < 4.78 is 5.69. The Morgan fingerprint density at radius 1 is 1.37 bits per heavy atom. The number of nitrogens with zero attached hydrogens (tertiary/aromatic N) is 1. The van der Waals surface area contributed by atoms with Crippen LogP contribution in [0.5, 0.6) is 5.75 Å². The van der Waals surface area contributed by atoms with Crippen molar-refractivity contribution in [2.24, 2.45) is 5.84 Å². The minimum Gasteiger partial charge on any atom is -0.493 e. The number of hydrogen-bond donors (Lipinski definition) is 5. The molecule has 0 atom stereocenters. The maximum Gasteiger partial charge on any atom is 0.345 e. The number of aromatic carboxylic acids is 1. The van der Waals surface area contributed by atoms with E-state index in [0.29, 0.717) is 17.9 Å². The molecule has 0 saturated carbocycles. The van der Waals surface area contributed by atoms with Gasteiger partial charge in [0.2, 0.25) is 0 Å². The van der Waals surface area contributed by atoms with E-state index in [4.69, 9.17) is 21.4 Å². The Morgan fingerprint density at radius 2 is 2.15 bits per heavy atom. The maximum absolute atomic E-state index is 12.0. The van der Waals surface area contributed by atoms with Gasteiger partial charge < -0.3 is 26.0 Å². The van der Waals surface area contributed by atoms with Crippen molar-refractivity contribution < 1.29 is 14.6 Å². The van der Waals surface area contributed by atoms with Gasteiger partial charge >= 0.3 is 5.97 Å². The van der Waals surface area contributed by atoms with Crippen molar-refractivity contribution in [1.82, 2.24) is 9.97 Å². The zero-order valence-electron chi connectivity index (χ0n) is 14.3. The Morgan fingerprint density at radius 3 is 2.78 bits per heavy atom. The van der Waals surface area contributed by atoms with Crippen LogP contribution in [0.3, 0.4) is 0 Å². The highest BCUT2D eigenvalue weighted by Gasteiger charge is 2.15. The number of nitrogens with one attached hydrogen (secondary N) is 2. The molecule has 0 aliphatic carbocycles. The molecule has 0 radical (unpaired) electrons. The van der Waals surface area contributed by atoms with Crippen molar-refractivity contribution in [3.63, 3.8) is 0 Å².